The van der Waals surface area contributed by atoms with E-state index in [1.54, 1.807) is 0 Å². The summed E-state index contributed by atoms with van der Waals surface area (Å²) < 4.78 is 11.0. The van der Waals surface area contributed by atoms with Crippen LogP contribution in [0.2, 0.25) is 0 Å². The number of aryl methyl sites for hydroxylation is 1. The molecule has 0 saturated heterocycles. The van der Waals surface area contributed by atoms with Crippen LogP contribution < -0.4 is 5.32 Å². The van der Waals surface area contributed by atoms with Gasteiger partial charge in [0.05, 0.1) is 12.6 Å². The first-order valence-corrected chi connectivity index (χ1v) is 7.89. The molecule has 112 valence electrons. The average molecular weight is 279 g/mol. The van der Waals surface area contributed by atoms with Crippen LogP contribution in [-0.4, -0.2) is 28.9 Å². The van der Waals surface area contributed by atoms with Gasteiger partial charge in [-0.3, -0.25) is 0 Å². The molecule has 2 aliphatic rings. The third-order valence-electron chi connectivity index (χ3n) is 5.01. The normalized spacial score (nSPS) is 28.5. The molecule has 5 nitrogen and oxygen atoms in total. The minimum atomic E-state index is 0.354. The molecule has 1 aromatic heterocycles. The van der Waals surface area contributed by atoms with E-state index in [0.717, 1.165) is 18.9 Å². The average Bonchev–Trinajstić information content (AvgIpc) is 2.88. The molecule has 1 N–H and O–H groups in total. The minimum absolute atomic E-state index is 0.354. The van der Waals surface area contributed by atoms with Crippen LogP contribution in [0.1, 0.15) is 57.2 Å². The van der Waals surface area contributed by atoms with Crippen LogP contribution in [0.4, 0.5) is 0 Å². The van der Waals surface area contributed by atoms with Gasteiger partial charge in [-0.15, -0.1) is 0 Å². The molecule has 0 radical (unpaired) electrons. The Morgan fingerprint density at radius 2 is 2.15 bits per heavy atom. The number of ether oxygens (including phenoxy) is 1. The lowest BCUT2D eigenvalue weighted by Crippen LogP contribution is -2.64. The van der Waals surface area contributed by atoms with Gasteiger partial charge in [0, 0.05) is 25.0 Å². The van der Waals surface area contributed by atoms with Crippen LogP contribution >= 0.6 is 0 Å². The van der Waals surface area contributed by atoms with Crippen molar-refractivity contribution in [2.24, 2.45) is 5.41 Å². The van der Waals surface area contributed by atoms with Crippen LogP contribution in [0, 0.1) is 12.3 Å². The summed E-state index contributed by atoms with van der Waals surface area (Å²) in [6.07, 6.45) is 8.19. The molecule has 1 aromatic rings. The molecule has 2 aliphatic carbocycles. The zero-order valence-corrected chi connectivity index (χ0v) is 12.5. The molecular formula is C15H25N3O2. The van der Waals surface area contributed by atoms with Gasteiger partial charge in [0.15, 0.2) is 5.82 Å². The second-order valence-corrected chi connectivity index (χ2v) is 6.14. The molecule has 2 unspecified atom stereocenters. The second kappa shape index (κ2) is 5.82. The van der Waals surface area contributed by atoms with Crippen molar-refractivity contribution in [1.29, 1.82) is 0 Å². The quantitative estimate of drug-likeness (QED) is 0.897. The van der Waals surface area contributed by atoms with Crippen LogP contribution in [0.15, 0.2) is 4.52 Å². The topological polar surface area (TPSA) is 60.2 Å². The van der Waals surface area contributed by atoms with E-state index in [4.69, 9.17) is 9.26 Å². The van der Waals surface area contributed by atoms with Crippen molar-refractivity contribution in [3.8, 4) is 0 Å². The number of rotatable bonds is 5. The molecule has 0 bridgehead atoms. The van der Waals surface area contributed by atoms with E-state index in [9.17, 15) is 0 Å². The van der Waals surface area contributed by atoms with Crippen molar-refractivity contribution in [3.63, 3.8) is 0 Å². The molecule has 5 heteroatoms. The molecule has 0 amide bonds. The minimum Gasteiger partial charge on any atom is -0.378 e. The van der Waals surface area contributed by atoms with Crippen molar-refractivity contribution in [3.05, 3.63) is 11.7 Å². The molecule has 1 heterocycles. The van der Waals surface area contributed by atoms with Gasteiger partial charge in [0.25, 0.3) is 0 Å². The van der Waals surface area contributed by atoms with Crippen molar-refractivity contribution in [2.75, 3.05) is 6.61 Å². The fourth-order valence-corrected chi connectivity index (χ4v) is 3.98. The van der Waals surface area contributed by atoms with Crippen molar-refractivity contribution >= 4 is 0 Å². The van der Waals surface area contributed by atoms with E-state index in [1.807, 2.05) is 6.92 Å². The standard InChI is InChI=1S/C15H25N3O2/c1-3-19-13-9-12(15(13)7-5-4-6-8-15)16-10-14-17-11(2)20-18-14/h12-13,16H,3-10H2,1-2H3. The third-order valence-corrected chi connectivity index (χ3v) is 5.01. The smallest absolute Gasteiger partial charge is 0.223 e. The van der Waals surface area contributed by atoms with Gasteiger partial charge in [-0.25, -0.2) is 0 Å². The Morgan fingerprint density at radius 1 is 1.35 bits per heavy atom. The van der Waals surface area contributed by atoms with Crippen LogP contribution in [0.5, 0.6) is 0 Å². The molecule has 2 fully saturated rings. The van der Waals surface area contributed by atoms with E-state index in [0.29, 0.717) is 30.0 Å². The van der Waals surface area contributed by atoms with Crippen molar-refractivity contribution in [1.82, 2.24) is 15.5 Å². The van der Waals surface area contributed by atoms with Crippen molar-refractivity contribution < 1.29 is 9.26 Å². The zero-order valence-electron chi connectivity index (χ0n) is 12.5. The van der Waals surface area contributed by atoms with Crippen LogP contribution in [-0.2, 0) is 11.3 Å². The predicted octanol–water partition coefficient (Wildman–Crippen LogP) is 2.60. The van der Waals surface area contributed by atoms with E-state index in [2.05, 4.69) is 22.4 Å². The van der Waals surface area contributed by atoms with E-state index >= 15 is 0 Å². The highest BCUT2D eigenvalue weighted by atomic mass is 16.5. The van der Waals surface area contributed by atoms with Gasteiger partial charge in [-0.1, -0.05) is 24.4 Å². The lowest BCUT2D eigenvalue weighted by atomic mass is 9.55. The number of nitrogens with zero attached hydrogens (tertiary/aromatic N) is 2. The zero-order chi connectivity index (χ0) is 14.0. The Morgan fingerprint density at radius 3 is 2.80 bits per heavy atom. The summed E-state index contributed by atoms with van der Waals surface area (Å²) in [5.74, 6) is 1.39. The number of nitrogens with one attached hydrogen (secondary N) is 1. The molecule has 0 aromatic carbocycles. The second-order valence-electron chi connectivity index (χ2n) is 6.14. The van der Waals surface area contributed by atoms with Gasteiger partial charge in [0.2, 0.25) is 5.89 Å². The summed E-state index contributed by atoms with van der Waals surface area (Å²) in [7, 11) is 0. The van der Waals surface area contributed by atoms with E-state index in [1.165, 1.54) is 32.1 Å². The summed E-state index contributed by atoms with van der Waals surface area (Å²) >= 11 is 0. The maximum Gasteiger partial charge on any atom is 0.223 e. The molecule has 2 saturated carbocycles. The summed E-state index contributed by atoms with van der Waals surface area (Å²) in [6.45, 7) is 5.44. The molecule has 1 spiro atoms. The number of hydrogen-bond donors (Lipinski definition) is 1. The van der Waals surface area contributed by atoms with E-state index < -0.39 is 0 Å². The summed E-state index contributed by atoms with van der Waals surface area (Å²) in [6, 6.07) is 0.540. The highest BCUT2D eigenvalue weighted by Crippen LogP contribution is 2.53. The molecule has 20 heavy (non-hydrogen) atoms. The van der Waals surface area contributed by atoms with Gasteiger partial charge >= 0.3 is 0 Å². The first-order chi connectivity index (χ1) is 9.74. The summed E-state index contributed by atoms with van der Waals surface area (Å²) in [5.41, 5.74) is 0.354. The Labute approximate surface area is 120 Å². The Balaban J connectivity index is 1.61. The van der Waals surface area contributed by atoms with Crippen LogP contribution in [0.25, 0.3) is 0 Å². The Kier molecular flexibility index (Phi) is 4.08. The Hall–Kier alpha value is -0.940. The van der Waals surface area contributed by atoms with Crippen LogP contribution in [0.3, 0.4) is 0 Å². The van der Waals surface area contributed by atoms with E-state index in [-0.39, 0.29) is 0 Å². The molecule has 0 aliphatic heterocycles. The fraction of sp³-hybridized carbons (Fsp3) is 0.867. The van der Waals surface area contributed by atoms with Crippen molar-refractivity contribution in [2.45, 2.75) is 71.1 Å². The fourth-order valence-electron chi connectivity index (χ4n) is 3.98. The summed E-state index contributed by atoms with van der Waals surface area (Å²) in [4.78, 5) is 4.26. The first-order valence-electron chi connectivity index (χ1n) is 7.89. The third kappa shape index (κ3) is 2.49. The van der Waals surface area contributed by atoms with Gasteiger partial charge < -0.3 is 14.6 Å². The summed E-state index contributed by atoms with van der Waals surface area (Å²) in [5, 5.41) is 7.59. The first kappa shape index (κ1) is 14.0. The SMILES string of the molecule is CCOC1CC(NCc2noc(C)n2)C12CCCCC2. The molecular weight excluding hydrogens is 254 g/mol. The lowest BCUT2D eigenvalue weighted by molar-refractivity contribution is -0.150. The maximum atomic E-state index is 5.97. The molecule has 2 atom stereocenters. The predicted molar refractivity (Wildman–Crippen MR) is 75.2 cm³/mol. The van der Waals surface area contributed by atoms with Gasteiger partial charge in [-0.05, 0) is 26.2 Å². The van der Waals surface area contributed by atoms with Gasteiger partial charge in [-0.2, -0.15) is 4.98 Å². The monoisotopic (exact) mass is 279 g/mol. The number of aromatic nitrogens is 2. The Bertz CT molecular complexity index is 440. The highest BCUT2D eigenvalue weighted by molar-refractivity contribution is 5.09. The van der Waals surface area contributed by atoms with Gasteiger partial charge in [0.1, 0.15) is 0 Å². The lowest BCUT2D eigenvalue weighted by Gasteiger charge is -2.58. The maximum absolute atomic E-state index is 5.97. The largest absolute Gasteiger partial charge is 0.378 e. The molecule has 3 rings (SSSR count). The highest BCUT2D eigenvalue weighted by Gasteiger charge is 2.55. The number of hydrogen-bond acceptors (Lipinski definition) is 5.